The van der Waals surface area contributed by atoms with Crippen LogP contribution in [0.2, 0.25) is 0 Å². The number of morpholine rings is 1. The Morgan fingerprint density at radius 2 is 2.00 bits per heavy atom. The molecule has 28 heavy (non-hydrogen) atoms. The molecule has 1 amide bonds. The van der Waals surface area contributed by atoms with Gasteiger partial charge in [-0.1, -0.05) is 0 Å². The molecular formula is C21H26N4O3. The number of ketones is 1. The number of amides is 1. The van der Waals surface area contributed by atoms with Crippen molar-refractivity contribution in [2.75, 3.05) is 23.3 Å². The standard InChI is InChI=1S/C21H26N4O3/c1-12-10-25(11-13(2)28-12)18-8-7-15(9-22-18)23-21(27)20-14(3)19-16(24-20)5-4-6-17(19)26/h7-9,12-13,24H,4-6,10-11H2,1-3H3,(H,23,27). The van der Waals surface area contributed by atoms with Crippen LogP contribution >= 0.6 is 0 Å². The van der Waals surface area contributed by atoms with Crippen LogP contribution in [0.15, 0.2) is 18.3 Å². The van der Waals surface area contributed by atoms with Crippen LogP contribution in [0.25, 0.3) is 0 Å². The second kappa shape index (κ2) is 7.39. The fraction of sp³-hybridized carbons (Fsp3) is 0.476. The van der Waals surface area contributed by atoms with E-state index in [1.54, 1.807) is 6.20 Å². The van der Waals surface area contributed by atoms with E-state index in [9.17, 15) is 9.59 Å². The van der Waals surface area contributed by atoms with E-state index in [1.165, 1.54) is 0 Å². The zero-order chi connectivity index (χ0) is 19.8. The van der Waals surface area contributed by atoms with E-state index < -0.39 is 0 Å². The minimum atomic E-state index is -0.247. The van der Waals surface area contributed by atoms with Crippen molar-refractivity contribution in [1.29, 1.82) is 0 Å². The molecule has 1 aliphatic heterocycles. The minimum absolute atomic E-state index is 0.119. The predicted molar refractivity (Wildman–Crippen MR) is 107 cm³/mol. The first kappa shape index (κ1) is 18.7. The largest absolute Gasteiger partial charge is 0.372 e. The summed E-state index contributed by atoms with van der Waals surface area (Å²) in [6.07, 6.45) is 4.18. The van der Waals surface area contributed by atoms with E-state index >= 15 is 0 Å². The number of hydrogen-bond acceptors (Lipinski definition) is 5. The number of nitrogens with one attached hydrogen (secondary N) is 2. The van der Waals surface area contributed by atoms with E-state index in [0.29, 0.717) is 23.4 Å². The van der Waals surface area contributed by atoms with Gasteiger partial charge in [-0.25, -0.2) is 4.98 Å². The Bertz CT molecular complexity index is 893. The van der Waals surface area contributed by atoms with Gasteiger partial charge in [0.15, 0.2) is 5.78 Å². The number of rotatable bonds is 3. The summed E-state index contributed by atoms with van der Waals surface area (Å²) in [7, 11) is 0. The van der Waals surface area contributed by atoms with E-state index in [2.05, 4.69) is 34.0 Å². The van der Waals surface area contributed by atoms with Gasteiger partial charge in [-0.2, -0.15) is 0 Å². The van der Waals surface area contributed by atoms with Gasteiger partial charge in [0, 0.05) is 30.8 Å². The molecule has 148 valence electrons. The average Bonchev–Trinajstić information content (AvgIpc) is 2.99. The first-order chi connectivity index (χ1) is 13.4. The molecule has 1 aliphatic carbocycles. The van der Waals surface area contributed by atoms with Crippen molar-refractivity contribution >= 4 is 23.2 Å². The summed E-state index contributed by atoms with van der Waals surface area (Å²) in [6, 6.07) is 3.77. The molecule has 2 aromatic rings. The van der Waals surface area contributed by atoms with Gasteiger partial charge >= 0.3 is 0 Å². The van der Waals surface area contributed by atoms with E-state index in [0.717, 1.165) is 43.0 Å². The van der Waals surface area contributed by atoms with Crippen molar-refractivity contribution in [1.82, 2.24) is 9.97 Å². The fourth-order valence-electron chi connectivity index (χ4n) is 4.21. The number of ether oxygens (including phenoxy) is 1. The maximum absolute atomic E-state index is 12.7. The summed E-state index contributed by atoms with van der Waals surface area (Å²) in [5, 5.41) is 2.88. The molecule has 7 heteroatoms. The zero-order valence-corrected chi connectivity index (χ0v) is 16.5. The lowest BCUT2D eigenvalue weighted by Gasteiger charge is -2.36. The highest BCUT2D eigenvalue weighted by Gasteiger charge is 2.26. The number of Topliss-reactive ketones (excluding diaryl/α,β-unsaturated/α-hetero) is 1. The molecule has 0 aromatic carbocycles. The highest BCUT2D eigenvalue weighted by atomic mass is 16.5. The molecule has 0 radical (unpaired) electrons. The molecule has 0 bridgehead atoms. The number of anilines is 2. The maximum atomic E-state index is 12.7. The van der Waals surface area contributed by atoms with Gasteiger partial charge in [0.2, 0.25) is 0 Å². The third-order valence-corrected chi connectivity index (χ3v) is 5.41. The van der Waals surface area contributed by atoms with Crippen LogP contribution < -0.4 is 10.2 Å². The Hall–Kier alpha value is -2.67. The minimum Gasteiger partial charge on any atom is -0.372 e. The summed E-state index contributed by atoms with van der Waals surface area (Å²) < 4.78 is 5.76. The number of pyridine rings is 1. The highest BCUT2D eigenvalue weighted by molar-refractivity contribution is 6.08. The Kier molecular flexibility index (Phi) is 4.93. The molecule has 2 atom stereocenters. The van der Waals surface area contributed by atoms with Crippen LogP contribution in [0, 0.1) is 6.92 Å². The third-order valence-electron chi connectivity index (χ3n) is 5.41. The average molecular weight is 382 g/mol. The molecular weight excluding hydrogens is 356 g/mol. The molecule has 4 rings (SSSR count). The highest BCUT2D eigenvalue weighted by Crippen LogP contribution is 2.27. The van der Waals surface area contributed by atoms with Gasteiger partial charge in [-0.15, -0.1) is 0 Å². The maximum Gasteiger partial charge on any atom is 0.272 e. The summed E-state index contributed by atoms with van der Waals surface area (Å²) in [6.45, 7) is 7.53. The van der Waals surface area contributed by atoms with Crippen LogP contribution in [0.4, 0.5) is 11.5 Å². The number of H-pyrrole nitrogens is 1. The molecule has 2 aromatic heterocycles. The van der Waals surface area contributed by atoms with Crippen LogP contribution in [0.1, 0.15) is 58.8 Å². The summed E-state index contributed by atoms with van der Waals surface area (Å²) >= 11 is 0. The number of aromatic amines is 1. The Morgan fingerprint density at radius 3 is 2.64 bits per heavy atom. The van der Waals surface area contributed by atoms with Crippen molar-refractivity contribution < 1.29 is 14.3 Å². The Labute approximate surface area is 164 Å². The van der Waals surface area contributed by atoms with Gasteiger partial charge in [0.25, 0.3) is 5.91 Å². The number of hydrogen-bond donors (Lipinski definition) is 2. The SMILES string of the molecule is Cc1c(C(=O)Nc2ccc(N3CC(C)OC(C)C3)nc2)[nH]c2c1C(=O)CCC2. The summed E-state index contributed by atoms with van der Waals surface area (Å²) in [5.41, 5.74) is 3.39. The molecule has 1 fully saturated rings. The first-order valence-electron chi connectivity index (χ1n) is 9.85. The van der Waals surface area contributed by atoms with E-state index in [-0.39, 0.29) is 23.9 Å². The van der Waals surface area contributed by atoms with Crippen LogP contribution in [0.3, 0.4) is 0 Å². The second-order valence-corrected chi connectivity index (χ2v) is 7.78. The smallest absolute Gasteiger partial charge is 0.272 e. The van der Waals surface area contributed by atoms with Crippen LogP contribution in [-0.2, 0) is 11.2 Å². The quantitative estimate of drug-likeness (QED) is 0.852. The number of aromatic nitrogens is 2. The lowest BCUT2D eigenvalue weighted by atomic mass is 9.94. The number of aryl methyl sites for hydroxylation is 1. The third kappa shape index (κ3) is 3.54. The molecule has 0 saturated carbocycles. The Balaban J connectivity index is 1.48. The second-order valence-electron chi connectivity index (χ2n) is 7.78. The van der Waals surface area contributed by atoms with Gasteiger partial charge in [0.1, 0.15) is 11.5 Å². The zero-order valence-electron chi connectivity index (χ0n) is 16.5. The first-order valence-corrected chi connectivity index (χ1v) is 9.85. The van der Waals surface area contributed by atoms with Gasteiger partial charge < -0.3 is 19.9 Å². The monoisotopic (exact) mass is 382 g/mol. The number of carbonyl (C=O) groups is 2. The van der Waals surface area contributed by atoms with Crippen LogP contribution in [0.5, 0.6) is 0 Å². The van der Waals surface area contributed by atoms with E-state index in [1.807, 2.05) is 19.1 Å². The normalized spacial score (nSPS) is 22.1. The van der Waals surface area contributed by atoms with Gasteiger partial charge in [-0.3, -0.25) is 9.59 Å². The van der Waals surface area contributed by atoms with Crippen molar-refractivity contribution in [3.63, 3.8) is 0 Å². The molecule has 2 aliphatic rings. The summed E-state index contributed by atoms with van der Waals surface area (Å²) in [5.74, 6) is 0.744. The molecule has 2 unspecified atom stereocenters. The number of fused-ring (bicyclic) bond motifs is 1. The van der Waals surface area contributed by atoms with Crippen molar-refractivity contribution in [2.45, 2.75) is 52.2 Å². The van der Waals surface area contributed by atoms with Crippen molar-refractivity contribution in [3.8, 4) is 0 Å². The molecule has 7 nitrogen and oxygen atoms in total. The topological polar surface area (TPSA) is 87.3 Å². The van der Waals surface area contributed by atoms with Crippen molar-refractivity contribution in [3.05, 3.63) is 40.8 Å². The van der Waals surface area contributed by atoms with Gasteiger partial charge in [0.05, 0.1) is 24.1 Å². The van der Waals surface area contributed by atoms with Crippen molar-refractivity contribution in [2.24, 2.45) is 0 Å². The molecule has 0 spiro atoms. The Morgan fingerprint density at radius 1 is 1.25 bits per heavy atom. The molecule has 2 N–H and O–H groups in total. The lowest BCUT2D eigenvalue weighted by Crippen LogP contribution is -2.45. The predicted octanol–water partition coefficient (Wildman–Crippen LogP) is 3.10. The fourth-order valence-corrected chi connectivity index (χ4v) is 4.21. The summed E-state index contributed by atoms with van der Waals surface area (Å²) in [4.78, 5) is 34.7. The molecule has 1 saturated heterocycles. The molecule has 3 heterocycles. The van der Waals surface area contributed by atoms with E-state index in [4.69, 9.17) is 4.74 Å². The van der Waals surface area contributed by atoms with Crippen LogP contribution in [-0.4, -0.2) is 47.0 Å². The lowest BCUT2D eigenvalue weighted by molar-refractivity contribution is -0.00545. The van der Waals surface area contributed by atoms with Gasteiger partial charge in [-0.05, 0) is 51.3 Å². The number of nitrogens with zero attached hydrogens (tertiary/aromatic N) is 2. The number of carbonyl (C=O) groups excluding carboxylic acids is 2.